The Balaban J connectivity index is 3.13. The van der Waals surface area contributed by atoms with Gasteiger partial charge in [-0.05, 0) is 18.8 Å². The number of aliphatic hydroxyl groups excluding tert-OH is 1. The topological polar surface area (TPSA) is 58.6 Å². The van der Waals surface area contributed by atoms with Gasteiger partial charge in [-0.15, -0.1) is 0 Å². The lowest BCUT2D eigenvalue weighted by atomic mass is 10.2. The maximum absolute atomic E-state index is 11.1. The number of amides is 1. The second-order valence-electron chi connectivity index (χ2n) is 4.00. The molecule has 4 nitrogen and oxygen atoms in total. The first-order valence-corrected chi connectivity index (χ1v) is 5.62. The molecule has 0 saturated carbocycles. The van der Waals surface area contributed by atoms with E-state index >= 15 is 0 Å². The van der Waals surface area contributed by atoms with Gasteiger partial charge in [-0.3, -0.25) is 4.79 Å². The molecular formula is C11H23NO3. The highest BCUT2D eigenvalue weighted by molar-refractivity contribution is 5.75. The normalized spacial score (nSPS) is 10.7. The van der Waals surface area contributed by atoms with Crippen molar-refractivity contribution in [3.63, 3.8) is 0 Å². The highest BCUT2D eigenvalue weighted by Gasteiger charge is 1.99. The molecule has 0 aromatic rings. The van der Waals surface area contributed by atoms with Crippen molar-refractivity contribution < 1.29 is 14.6 Å². The lowest BCUT2D eigenvalue weighted by molar-refractivity contribution is -0.121. The molecule has 0 spiro atoms. The fourth-order valence-corrected chi connectivity index (χ4v) is 1.05. The second-order valence-corrected chi connectivity index (χ2v) is 4.00. The zero-order valence-electron chi connectivity index (χ0n) is 9.79. The highest BCUT2D eigenvalue weighted by Crippen LogP contribution is 1.93. The Bertz CT molecular complexity index is 160. The Labute approximate surface area is 92.0 Å². The van der Waals surface area contributed by atoms with Crippen LogP contribution < -0.4 is 5.32 Å². The predicted octanol–water partition coefficient (Wildman–Crippen LogP) is 0.938. The summed E-state index contributed by atoms with van der Waals surface area (Å²) in [7, 11) is 0. The first-order chi connectivity index (χ1) is 7.16. The van der Waals surface area contributed by atoms with E-state index in [2.05, 4.69) is 19.2 Å². The number of carbonyl (C=O) groups excluding carboxylic acids is 1. The van der Waals surface area contributed by atoms with Gasteiger partial charge in [-0.2, -0.15) is 0 Å². The molecule has 0 bridgehead atoms. The molecule has 0 saturated heterocycles. The minimum atomic E-state index is 0.00732. The minimum absolute atomic E-state index is 0.00732. The van der Waals surface area contributed by atoms with Crippen LogP contribution in [0.5, 0.6) is 0 Å². The fraction of sp³-hybridized carbons (Fsp3) is 0.909. The van der Waals surface area contributed by atoms with E-state index in [4.69, 9.17) is 9.84 Å². The van der Waals surface area contributed by atoms with E-state index in [0.29, 0.717) is 31.9 Å². The van der Waals surface area contributed by atoms with Crippen molar-refractivity contribution in [2.45, 2.75) is 33.1 Å². The Morgan fingerprint density at radius 1 is 1.40 bits per heavy atom. The maximum Gasteiger partial charge on any atom is 0.220 e. The van der Waals surface area contributed by atoms with Crippen molar-refractivity contribution in [1.82, 2.24) is 5.32 Å². The number of hydrogen-bond acceptors (Lipinski definition) is 3. The molecule has 1 amide bonds. The van der Waals surface area contributed by atoms with Gasteiger partial charge < -0.3 is 15.2 Å². The summed E-state index contributed by atoms with van der Waals surface area (Å²) in [6.45, 7) is 6.41. The van der Waals surface area contributed by atoms with E-state index in [1.165, 1.54) is 0 Å². The summed E-state index contributed by atoms with van der Waals surface area (Å²) in [4.78, 5) is 11.1. The Morgan fingerprint density at radius 3 is 2.73 bits per heavy atom. The Hall–Kier alpha value is -0.610. The van der Waals surface area contributed by atoms with Crippen LogP contribution in [0, 0.1) is 5.92 Å². The monoisotopic (exact) mass is 217 g/mol. The van der Waals surface area contributed by atoms with Crippen molar-refractivity contribution in [3.8, 4) is 0 Å². The van der Waals surface area contributed by atoms with Crippen LogP contribution in [-0.2, 0) is 9.53 Å². The lowest BCUT2D eigenvalue weighted by Crippen LogP contribution is -2.25. The Morgan fingerprint density at radius 2 is 2.13 bits per heavy atom. The fourth-order valence-electron chi connectivity index (χ4n) is 1.05. The van der Waals surface area contributed by atoms with Gasteiger partial charge in [0.2, 0.25) is 5.91 Å². The van der Waals surface area contributed by atoms with Gasteiger partial charge in [-0.25, -0.2) is 0 Å². The Kier molecular flexibility index (Phi) is 9.52. The molecule has 0 radical (unpaired) electrons. The first-order valence-electron chi connectivity index (χ1n) is 5.62. The number of ether oxygens (including phenoxy) is 1. The van der Waals surface area contributed by atoms with Gasteiger partial charge in [0.1, 0.15) is 0 Å². The third kappa shape index (κ3) is 11.3. The average molecular weight is 217 g/mol. The molecular weight excluding hydrogens is 194 g/mol. The van der Waals surface area contributed by atoms with E-state index < -0.39 is 0 Å². The van der Waals surface area contributed by atoms with E-state index in [1.807, 2.05) is 0 Å². The van der Waals surface area contributed by atoms with Crippen molar-refractivity contribution in [1.29, 1.82) is 0 Å². The van der Waals surface area contributed by atoms with E-state index in [-0.39, 0.29) is 12.5 Å². The van der Waals surface area contributed by atoms with Crippen molar-refractivity contribution >= 4 is 5.91 Å². The molecule has 15 heavy (non-hydrogen) atoms. The molecule has 0 atom stereocenters. The number of hydrogen-bond donors (Lipinski definition) is 2. The summed E-state index contributed by atoms with van der Waals surface area (Å²) < 4.78 is 5.37. The van der Waals surface area contributed by atoms with Gasteiger partial charge in [0.25, 0.3) is 0 Å². The van der Waals surface area contributed by atoms with Crippen LogP contribution in [0.1, 0.15) is 33.1 Å². The van der Waals surface area contributed by atoms with Gasteiger partial charge in [0, 0.05) is 32.8 Å². The van der Waals surface area contributed by atoms with Crippen LogP contribution >= 0.6 is 0 Å². The zero-order chi connectivity index (χ0) is 11.5. The largest absolute Gasteiger partial charge is 0.396 e. The third-order valence-corrected chi connectivity index (χ3v) is 1.80. The van der Waals surface area contributed by atoms with Gasteiger partial charge in [-0.1, -0.05) is 13.8 Å². The molecule has 0 aliphatic rings. The molecule has 4 heteroatoms. The van der Waals surface area contributed by atoms with Crippen LogP contribution in [0.4, 0.5) is 0 Å². The van der Waals surface area contributed by atoms with E-state index in [1.54, 1.807) is 0 Å². The number of rotatable bonds is 9. The molecule has 0 aromatic heterocycles. The standard InChI is InChI=1S/C11H23NO3/c1-10(2)9-15-8-4-6-12-11(14)5-3-7-13/h10,13H,3-9H2,1-2H3,(H,12,14). The molecule has 0 aromatic carbocycles. The van der Waals surface area contributed by atoms with Gasteiger partial charge in [0.05, 0.1) is 0 Å². The summed E-state index contributed by atoms with van der Waals surface area (Å²) in [6, 6.07) is 0. The number of carbonyl (C=O) groups is 1. The average Bonchev–Trinajstić information content (AvgIpc) is 2.19. The van der Waals surface area contributed by atoms with Crippen molar-refractivity contribution in [2.24, 2.45) is 5.92 Å². The highest BCUT2D eigenvalue weighted by atomic mass is 16.5. The lowest BCUT2D eigenvalue weighted by Gasteiger charge is -2.07. The van der Waals surface area contributed by atoms with Gasteiger partial charge >= 0.3 is 0 Å². The molecule has 0 rings (SSSR count). The number of aliphatic hydroxyl groups is 1. The predicted molar refractivity (Wildman–Crippen MR) is 59.6 cm³/mol. The quantitative estimate of drug-likeness (QED) is 0.565. The van der Waals surface area contributed by atoms with Crippen LogP contribution in [0.2, 0.25) is 0 Å². The molecule has 90 valence electrons. The number of nitrogens with one attached hydrogen (secondary N) is 1. The van der Waals surface area contributed by atoms with E-state index in [0.717, 1.165) is 13.0 Å². The van der Waals surface area contributed by atoms with E-state index in [9.17, 15) is 4.79 Å². The van der Waals surface area contributed by atoms with Crippen LogP contribution in [0.25, 0.3) is 0 Å². The third-order valence-electron chi connectivity index (χ3n) is 1.80. The molecule has 0 unspecified atom stereocenters. The summed E-state index contributed by atoms with van der Waals surface area (Å²) in [5, 5.41) is 11.3. The summed E-state index contributed by atoms with van der Waals surface area (Å²) in [5.41, 5.74) is 0. The van der Waals surface area contributed by atoms with Crippen LogP contribution in [0.3, 0.4) is 0 Å². The minimum Gasteiger partial charge on any atom is -0.396 e. The molecule has 0 heterocycles. The smallest absolute Gasteiger partial charge is 0.220 e. The second kappa shape index (κ2) is 9.93. The summed E-state index contributed by atoms with van der Waals surface area (Å²) >= 11 is 0. The SMILES string of the molecule is CC(C)COCCCNC(=O)CCCO. The van der Waals surface area contributed by atoms with Crippen molar-refractivity contribution in [2.75, 3.05) is 26.4 Å². The van der Waals surface area contributed by atoms with Crippen molar-refractivity contribution in [3.05, 3.63) is 0 Å². The summed E-state index contributed by atoms with van der Waals surface area (Å²) in [6.07, 6.45) is 1.79. The van der Waals surface area contributed by atoms with Crippen LogP contribution in [0.15, 0.2) is 0 Å². The molecule has 0 fully saturated rings. The first kappa shape index (κ1) is 14.4. The molecule has 2 N–H and O–H groups in total. The zero-order valence-corrected chi connectivity index (χ0v) is 9.79. The summed E-state index contributed by atoms with van der Waals surface area (Å²) in [5.74, 6) is 0.567. The van der Waals surface area contributed by atoms with Crippen LogP contribution in [-0.4, -0.2) is 37.4 Å². The molecule has 0 aliphatic carbocycles. The van der Waals surface area contributed by atoms with Gasteiger partial charge in [0.15, 0.2) is 0 Å². The maximum atomic E-state index is 11.1. The molecule has 0 aliphatic heterocycles.